The number of ether oxygens (including phenoxy) is 1. The van der Waals surface area contributed by atoms with E-state index in [-0.39, 0.29) is 12.2 Å². The Kier molecular flexibility index (Phi) is 4.09. The molecule has 1 aromatic carbocycles. The topological polar surface area (TPSA) is 87.2 Å². The van der Waals surface area contributed by atoms with Crippen molar-refractivity contribution in [3.63, 3.8) is 0 Å². The van der Waals surface area contributed by atoms with Gasteiger partial charge in [0.05, 0.1) is 12.3 Å². The molecule has 1 aliphatic rings. The number of aryl methyl sites for hydroxylation is 1. The van der Waals surface area contributed by atoms with Crippen LogP contribution in [-0.4, -0.2) is 22.1 Å². The van der Waals surface area contributed by atoms with Crippen molar-refractivity contribution in [3.05, 3.63) is 45.5 Å². The van der Waals surface area contributed by atoms with Crippen molar-refractivity contribution in [2.75, 3.05) is 12.3 Å². The van der Waals surface area contributed by atoms with Gasteiger partial charge in [-0.05, 0) is 31.5 Å². The van der Waals surface area contributed by atoms with Gasteiger partial charge in [0.1, 0.15) is 11.9 Å². The number of fused-ring (bicyclic) bond motifs is 1. The molecule has 0 bridgehead atoms. The summed E-state index contributed by atoms with van der Waals surface area (Å²) < 4.78 is 6.43. The maximum atomic E-state index is 12.5. The number of nitrogens with zero attached hydrogens (tertiary/aromatic N) is 2. The molecule has 1 aromatic heterocycles. The Bertz CT molecular complexity index is 832. The summed E-state index contributed by atoms with van der Waals surface area (Å²) in [5, 5.41) is 0.515. The molecule has 2 heterocycles. The van der Waals surface area contributed by atoms with E-state index in [0.29, 0.717) is 40.6 Å². The van der Waals surface area contributed by atoms with Gasteiger partial charge in [0, 0.05) is 28.8 Å². The van der Waals surface area contributed by atoms with Crippen LogP contribution in [0.2, 0.25) is 5.02 Å². The van der Waals surface area contributed by atoms with Gasteiger partial charge in [-0.2, -0.15) is 0 Å². The highest BCUT2D eigenvalue weighted by atomic mass is 35.5. The van der Waals surface area contributed by atoms with E-state index in [0.717, 1.165) is 0 Å². The zero-order valence-electron chi connectivity index (χ0n) is 12.6. The summed E-state index contributed by atoms with van der Waals surface area (Å²) in [6.45, 7) is 2.02. The summed E-state index contributed by atoms with van der Waals surface area (Å²) >= 11 is 6.00. The highest BCUT2D eigenvalue weighted by molar-refractivity contribution is 6.31. The van der Waals surface area contributed by atoms with Gasteiger partial charge in [0.2, 0.25) is 0 Å². The summed E-state index contributed by atoms with van der Waals surface area (Å²) in [4.78, 5) is 28.9. The van der Waals surface area contributed by atoms with Crippen molar-refractivity contribution >= 4 is 23.3 Å². The average Bonchev–Trinajstić information content (AvgIpc) is 2.94. The molecule has 0 spiro atoms. The molecule has 120 valence electrons. The molecule has 7 heteroatoms. The van der Waals surface area contributed by atoms with Gasteiger partial charge >= 0.3 is 5.97 Å². The van der Waals surface area contributed by atoms with Crippen molar-refractivity contribution < 1.29 is 9.53 Å². The van der Waals surface area contributed by atoms with Crippen molar-refractivity contribution in [1.82, 2.24) is 9.55 Å². The molecule has 1 aliphatic heterocycles. The molecule has 1 unspecified atom stereocenters. The zero-order chi connectivity index (χ0) is 16.6. The van der Waals surface area contributed by atoms with E-state index in [2.05, 4.69) is 4.98 Å². The molecule has 6 nitrogen and oxygen atoms in total. The van der Waals surface area contributed by atoms with E-state index < -0.39 is 12.0 Å². The number of carbonyl (C=O) groups is 1. The molecule has 23 heavy (non-hydrogen) atoms. The normalized spacial score (nSPS) is 16.2. The minimum atomic E-state index is -0.601. The number of anilines is 1. The van der Waals surface area contributed by atoms with Gasteiger partial charge in [-0.3, -0.25) is 9.36 Å². The van der Waals surface area contributed by atoms with Gasteiger partial charge < -0.3 is 10.5 Å². The average molecular weight is 334 g/mol. The Labute approximate surface area is 137 Å². The van der Waals surface area contributed by atoms with Gasteiger partial charge in [-0.15, -0.1) is 0 Å². The summed E-state index contributed by atoms with van der Waals surface area (Å²) in [7, 11) is 0. The maximum absolute atomic E-state index is 12.5. The first kappa shape index (κ1) is 15.6. The number of rotatable bonds is 3. The number of esters is 1. The van der Waals surface area contributed by atoms with Crippen molar-refractivity contribution in [3.8, 4) is 11.3 Å². The summed E-state index contributed by atoms with van der Waals surface area (Å²) in [5.74, 6) is 0.162. The second-order valence-corrected chi connectivity index (χ2v) is 5.74. The molecule has 1 atom stereocenters. The van der Waals surface area contributed by atoms with Crippen molar-refractivity contribution in [2.45, 2.75) is 25.8 Å². The van der Waals surface area contributed by atoms with Crippen LogP contribution in [0.1, 0.15) is 25.2 Å². The third-order valence-electron chi connectivity index (χ3n) is 3.83. The number of nitrogen functional groups attached to an aromatic ring is 1. The first-order valence-electron chi connectivity index (χ1n) is 7.35. The van der Waals surface area contributed by atoms with Gasteiger partial charge in [-0.25, -0.2) is 9.78 Å². The Morgan fingerprint density at radius 3 is 3.00 bits per heavy atom. The number of nitrogens with two attached hydrogens (primary N) is 1. The lowest BCUT2D eigenvalue weighted by Crippen LogP contribution is -2.29. The lowest BCUT2D eigenvalue weighted by molar-refractivity contribution is -0.147. The number of benzene rings is 1. The lowest BCUT2D eigenvalue weighted by Gasteiger charge is -2.13. The van der Waals surface area contributed by atoms with Crippen LogP contribution >= 0.6 is 11.6 Å². The first-order valence-corrected chi connectivity index (χ1v) is 7.73. The monoisotopic (exact) mass is 333 g/mol. The molecule has 2 aromatic rings. The van der Waals surface area contributed by atoms with Crippen LogP contribution in [0.25, 0.3) is 11.3 Å². The lowest BCUT2D eigenvalue weighted by atomic mass is 10.1. The summed E-state index contributed by atoms with van der Waals surface area (Å²) in [5.41, 5.74) is 7.22. The quantitative estimate of drug-likeness (QED) is 0.687. The molecule has 0 fully saturated rings. The Morgan fingerprint density at radius 1 is 1.48 bits per heavy atom. The van der Waals surface area contributed by atoms with Crippen molar-refractivity contribution in [1.29, 1.82) is 0 Å². The Morgan fingerprint density at radius 2 is 2.26 bits per heavy atom. The van der Waals surface area contributed by atoms with Crippen LogP contribution in [0, 0.1) is 0 Å². The van der Waals surface area contributed by atoms with Gasteiger partial charge in [0.25, 0.3) is 5.56 Å². The van der Waals surface area contributed by atoms with Crippen LogP contribution in [0.5, 0.6) is 0 Å². The van der Waals surface area contributed by atoms with Crippen LogP contribution < -0.4 is 11.3 Å². The highest BCUT2D eigenvalue weighted by Gasteiger charge is 2.31. The van der Waals surface area contributed by atoms with E-state index in [1.165, 1.54) is 10.6 Å². The third-order valence-corrected chi connectivity index (χ3v) is 4.06. The summed E-state index contributed by atoms with van der Waals surface area (Å²) in [6, 6.07) is 5.80. The highest BCUT2D eigenvalue weighted by Crippen LogP contribution is 2.29. The van der Waals surface area contributed by atoms with Crippen molar-refractivity contribution in [2.24, 2.45) is 0 Å². The van der Waals surface area contributed by atoms with E-state index in [4.69, 9.17) is 22.1 Å². The van der Waals surface area contributed by atoms with E-state index in [1.54, 1.807) is 25.1 Å². The Hall–Kier alpha value is -2.34. The largest absolute Gasteiger partial charge is 0.464 e. The van der Waals surface area contributed by atoms with Gasteiger partial charge in [-0.1, -0.05) is 11.6 Å². The minimum absolute atomic E-state index is 0.282. The molecule has 0 amide bonds. The standard InChI is InChI=1S/C16H16ClN3O3/c1-2-23-16(22)13-5-6-14-19-12(8-15(21)20(13)14)10-7-9(17)3-4-11(10)18/h3-4,7-8,13H,2,5-6,18H2,1H3. The Balaban J connectivity index is 2.06. The third kappa shape index (κ3) is 2.82. The van der Waals surface area contributed by atoms with E-state index in [1.807, 2.05) is 0 Å². The summed E-state index contributed by atoms with van der Waals surface area (Å²) in [6.07, 6.45) is 1.04. The molecule has 0 saturated heterocycles. The zero-order valence-corrected chi connectivity index (χ0v) is 13.3. The second kappa shape index (κ2) is 6.04. The molecular formula is C16H16ClN3O3. The number of aromatic nitrogens is 2. The first-order chi connectivity index (χ1) is 11.0. The van der Waals surface area contributed by atoms with E-state index >= 15 is 0 Å². The maximum Gasteiger partial charge on any atom is 0.329 e. The van der Waals surface area contributed by atoms with E-state index in [9.17, 15) is 9.59 Å². The predicted molar refractivity (Wildman–Crippen MR) is 87.3 cm³/mol. The van der Waals surface area contributed by atoms with Crippen LogP contribution in [-0.2, 0) is 16.0 Å². The number of hydrogen-bond donors (Lipinski definition) is 1. The fourth-order valence-electron chi connectivity index (χ4n) is 2.79. The fraction of sp³-hybridized carbons (Fsp3) is 0.312. The fourth-order valence-corrected chi connectivity index (χ4v) is 2.97. The molecule has 0 aliphatic carbocycles. The van der Waals surface area contributed by atoms with Gasteiger partial charge in [0.15, 0.2) is 0 Å². The van der Waals surface area contributed by atoms with Crippen LogP contribution in [0.4, 0.5) is 5.69 Å². The molecule has 0 radical (unpaired) electrons. The molecular weight excluding hydrogens is 318 g/mol. The number of halogens is 1. The molecule has 3 rings (SSSR count). The minimum Gasteiger partial charge on any atom is -0.464 e. The molecule has 2 N–H and O–H groups in total. The predicted octanol–water partition coefficient (Wildman–Crippen LogP) is 2.20. The molecule has 0 saturated carbocycles. The SMILES string of the molecule is CCOC(=O)C1CCc2nc(-c3cc(Cl)ccc3N)cc(=O)n21. The van der Waals surface area contributed by atoms with Crippen LogP contribution in [0.3, 0.4) is 0 Å². The number of carbonyl (C=O) groups excluding carboxylic acids is 1. The second-order valence-electron chi connectivity index (χ2n) is 5.30. The smallest absolute Gasteiger partial charge is 0.329 e. The number of hydrogen-bond acceptors (Lipinski definition) is 5. The van der Waals surface area contributed by atoms with Crippen LogP contribution in [0.15, 0.2) is 29.1 Å².